The number of hydrogen-bond acceptors (Lipinski definition) is 3. The van der Waals surface area contributed by atoms with Gasteiger partial charge in [-0.25, -0.2) is 13.2 Å². The van der Waals surface area contributed by atoms with Gasteiger partial charge in [0.2, 0.25) is 11.8 Å². The van der Waals surface area contributed by atoms with E-state index in [1.807, 2.05) is 6.07 Å². The lowest BCUT2D eigenvalue weighted by molar-refractivity contribution is -0.128. The van der Waals surface area contributed by atoms with Crippen molar-refractivity contribution in [2.75, 3.05) is 13.1 Å². The fourth-order valence-electron chi connectivity index (χ4n) is 6.10. The minimum atomic E-state index is -1.54. The lowest BCUT2D eigenvalue weighted by atomic mass is 9.80. The molecular weight excluding hydrogens is 541 g/mol. The monoisotopic (exact) mass is 574 g/mol. The van der Waals surface area contributed by atoms with Crippen LogP contribution in [0.4, 0.5) is 13.2 Å². The Labute approximate surface area is 237 Å². The summed E-state index contributed by atoms with van der Waals surface area (Å²) in [6.45, 7) is 0.886. The number of nitrogens with zero attached hydrogens (tertiary/aromatic N) is 1. The number of primary amides is 1. The maximum absolute atomic E-state index is 13.4. The van der Waals surface area contributed by atoms with Gasteiger partial charge in [-0.05, 0) is 85.8 Å². The van der Waals surface area contributed by atoms with Crippen LogP contribution in [0.2, 0.25) is 0 Å². The van der Waals surface area contributed by atoms with Crippen molar-refractivity contribution in [3.63, 3.8) is 0 Å². The highest BCUT2D eigenvalue weighted by Crippen LogP contribution is 2.37. The van der Waals surface area contributed by atoms with E-state index in [1.54, 1.807) is 4.90 Å². The molecule has 5 rings (SSSR count). The van der Waals surface area contributed by atoms with E-state index < -0.39 is 23.5 Å². The third-order valence-corrected chi connectivity index (χ3v) is 8.26. The van der Waals surface area contributed by atoms with Gasteiger partial charge in [-0.2, -0.15) is 0 Å². The van der Waals surface area contributed by atoms with Crippen LogP contribution in [0.15, 0.2) is 48.7 Å². The van der Waals surface area contributed by atoms with Crippen molar-refractivity contribution < 1.29 is 22.8 Å². The molecule has 1 unspecified atom stereocenters. The number of carbonyl (C=O) groups is 2. The second-order valence-corrected chi connectivity index (χ2v) is 10.7. The zero-order chi connectivity index (χ0) is 27.5. The van der Waals surface area contributed by atoms with Crippen molar-refractivity contribution in [2.45, 2.75) is 56.5 Å². The molecule has 6 nitrogen and oxygen atoms in total. The van der Waals surface area contributed by atoms with E-state index >= 15 is 0 Å². The van der Waals surface area contributed by atoms with E-state index in [0.717, 1.165) is 43.3 Å². The number of aromatic nitrogens is 1. The highest BCUT2D eigenvalue weighted by Gasteiger charge is 2.34. The van der Waals surface area contributed by atoms with Crippen molar-refractivity contribution in [3.05, 3.63) is 77.2 Å². The first-order valence-corrected chi connectivity index (χ1v) is 13.5. The number of benzene rings is 2. The Hall–Kier alpha value is -3.30. The number of piperidine rings is 1. The van der Waals surface area contributed by atoms with Gasteiger partial charge in [0.05, 0.1) is 6.04 Å². The van der Waals surface area contributed by atoms with Crippen LogP contribution in [0.5, 0.6) is 0 Å². The Morgan fingerprint density at radius 3 is 2.30 bits per heavy atom. The Kier molecular flexibility index (Phi) is 9.58. The smallest absolute Gasteiger partial charge is 0.246 e. The van der Waals surface area contributed by atoms with Crippen LogP contribution in [0.3, 0.4) is 0 Å². The molecule has 2 aromatic carbocycles. The molecule has 2 heterocycles. The van der Waals surface area contributed by atoms with Gasteiger partial charge in [0.15, 0.2) is 17.5 Å². The molecule has 214 valence electrons. The number of H-pyrrole nitrogens is 1. The summed E-state index contributed by atoms with van der Waals surface area (Å²) < 4.78 is 40.0. The topological polar surface area (TPSA) is 91.2 Å². The Morgan fingerprint density at radius 2 is 1.65 bits per heavy atom. The Balaban J connectivity index is 0.00000370. The second kappa shape index (κ2) is 12.9. The molecule has 4 N–H and O–H groups in total. The minimum absolute atomic E-state index is 0. The normalized spacial score (nSPS) is 20.9. The molecule has 3 aromatic rings. The first-order chi connectivity index (χ1) is 18.8. The average Bonchev–Trinajstić information content (AvgIpc) is 3.38. The number of fused-ring (bicyclic) bond motifs is 1. The number of nitrogens with one attached hydrogen (secondary N) is 2. The van der Waals surface area contributed by atoms with Gasteiger partial charge in [0.25, 0.3) is 0 Å². The van der Waals surface area contributed by atoms with E-state index in [1.165, 1.54) is 23.1 Å². The van der Waals surface area contributed by atoms with Gasteiger partial charge in [-0.1, -0.05) is 18.2 Å². The third-order valence-electron chi connectivity index (χ3n) is 8.26. The molecule has 10 heteroatoms. The van der Waals surface area contributed by atoms with Crippen LogP contribution in [0.25, 0.3) is 17.0 Å². The summed E-state index contributed by atoms with van der Waals surface area (Å²) in [4.78, 5) is 30.0. The fraction of sp³-hybridized carbons (Fsp3) is 0.400. The summed E-state index contributed by atoms with van der Waals surface area (Å²) in [6, 6.07) is 9.77. The Bertz CT molecular complexity index is 1360. The van der Waals surface area contributed by atoms with Gasteiger partial charge in [0, 0.05) is 42.3 Å². The molecule has 2 fully saturated rings. The molecule has 2 amide bonds. The lowest BCUT2D eigenvalue weighted by Gasteiger charge is -2.38. The van der Waals surface area contributed by atoms with E-state index in [4.69, 9.17) is 5.73 Å². The zero-order valence-electron chi connectivity index (χ0n) is 22.0. The van der Waals surface area contributed by atoms with Gasteiger partial charge in [0.1, 0.15) is 0 Å². The van der Waals surface area contributed by atoms with Crippen LogP contribution in [-0.2, 0) is 9.59 Å². The third kappa shape index (κ3) is 6.53. The van der Waals surface area contributed by atoms with Gasteiger partial charge in [-0.15, -0.1) is 12.4 Å². The van der Waals surface area contributed by atoms with E-state index in [0.29, 0.717) is 31.8 Å². The number of nitrogens with two attached hydrogens (primary N) is 1. The van der Waals surface area contributed by atoms with Crippen molar-refractivity contribution in [1.29, 1.82) is 0 Å². The highest BCUT2D eigenvalue weighted by atomic mass is 35.5. The maximum Gasteiger partial charge on any atom is 0.246 e. The lowest BCUT2D eigenvalue weighted by Crippen LogP contribution is -2.54. The number of aromatic amines is 1. The Morgan fingerprint density at radius 1 is 1.00 bits per heavy atom. The molecule has 1 aromatic heterocycles. The van der Waals surface area contributed by atoms with Crippen molar-refractivity contribution in [1.82, 2.24) is 15.2 Å². The second-order valence-electron chi connectivity index (χ2n) is 10.7. The summed E-state index contributed by atoms with van der Waals surface area (Å²) in [5.74, 6) is -4.34. The summed E-state index contributed by atoms with van der Waals surface area (Å²) in [5.41, 5.74) is 8.38. The number of amides is 2. The number of para-hydroxylation sites is 1. The van der Waals surface area contributed by atoms with E-state index in [9.17, 15) is 22.8 Å². The predicted octanol–water partition coefficient (Wildman–Crippen LogP) is 5.43. The van der Waals surface area contributed by atoms with E-state index in [-0.39, 0.29) is 41.7 Å². The van der Waals surface area contributed by atoms with Crippen LogP contribution < -0.4 is 11.1 Å². The fourth-order valence-corrected chi connectivity index (χ4v) is 6.10. The van der Waals surface area contributed by atoms with Crippen LogP contribution >= 0.6 is 12.4 Å². The number of rotatable bonds is 7. The molecule has 1 saturated heterocycles. The van der Waals surface area contributed by atoms with Crippen molar-refractivity contribution >= 4 is 41.2 Å². The molecular formula is C30H34ClF3N4O2. The molecule has 0 bridgehead atoms. The summed E-state index contributed by atoms with van der Waals surface area (Å²) in [6.07, 6.45) is 9.83. The molecule has 2 aliphatic rings. The SMILES string of the molecule is Cl.NC(=O)C(N[C@H]1CC[C@H](c2c[nH]c3ccccc32)CC1)C1CCN(C(=O)C=Cc2cc(F)c(F)c(F)c2)CC1. The molecule has 0 spiro atoms. The largest absolute Gasteiger partial charge is 0.368 e. The van der Waals surface area contributed by atoms with Gasteiger partial charge >= 0.3 is 0 Å². The minimum Gasteiger partial charge on any atom is -0.368 e. The average molecular weight is 575 g/mol. The molecule has 40 heavy (non-hydrogen) atoms. The molecule has 0 radical (unpaired) electrons. The quantitative estimate of drug-likeness (QED) is 0.260. The molecule has 1 aliphatic carbocycles. The summed E-state index contributed by atoms with van der Waals surface area (Å²) >= 11 is 0. The highest BCUT2D eigenvalue weighted by molar-refractivity contribution is 5.92. The summed E-state index contributed by atoms with van der Waals surface area (Å²) in [5, 5.41) is 4.81. The standard InChI is InChI=1S/C30H33F3N4O2.ClH/c31-24-15-18(16-25(32)28(24)33)5-10-27(38)37-13-11-20(12-14-37)29(30(34)39)36-21-8-6-19(7-9-21)23-17-35-26-4-2-1-3-22(23)26;/h1-5,10,15-17,19-21,29,35-36H,6-9,11-14H2,(H2,34,39);1H/t19-,21-,29?;. The first-order valence-electron chi connectivity index (χ1n) is 13.5. The maximum atomic E-state index is 13.4. The molecule has 1 aliphatic heterocycles. The zero-order valence-corrected chi connectivity index (χ0v) is 22.9. The number of hydrogen-bond donors (Lipinski definition) is 3. The van der Waals surface area contributed by atoms with Crippen molar-refractivity contribution in [2.24, 2.45) is 11.7 Å². The van der Waals surface area contributed by atoms with Crippen LogP contribution in [0, 0.1) is 23.4 Å². The number of halogens is 4. The van der Waals surface area contributed by atoms with Crippen molar-refractivity contribution in [3.8, 4) is 0 Å². The number of carbonyl (C=O) groups excluding carboxylic acids is 2. The molecule has 1 atom stereocenters. The van der Waals surface area contributed by atoms with Crippen LogP contribution in [-0.4, -0.2) is 46.9 Å². The predicted molar refractivity (Wildman–Crippen MR) is 151 cm³/mol. The summed E-state index contributed by atoms with van der Waals surface area (Å²) in [7, 11) is 0. The number of likely N-dealkylation sites (tertiary alicyclic amines) is 1. The van der Waals surface area contributed by atoms with Gasteiger partial charge < -0.3 is 20.9 Å². The molecule has 1 saturated carbocycles. The van der Waals surface area contributed by atoms with E-state index in [2.05, 4.69) is 34.7 Å². The van der Waals surface area contributed by atoms with Gasteiger partial charge in [-0.3, -0.25) is 9.59 Å². The van der Waals surface area contributed by atoms with Crippen LogP contribution in [0.1, 0.15) is 55.6 Å². The first kappa shape index (κ1) is 29.7.